The number of esters is 1. The van der Waals surface area contributed by atoms with Crippen molar-refractivity contribution in [3.05, 3.63) is 19.2 Å². The van der Waals surface area contributed by atoms with Crippen LogP contribution in [0.1, 0.15) is 33.3 Å². The molecule has 0 aliphatic heterocycles. The van der Waals surface area contributed by atoms with Gasteiger partial charge in [0.2, 0.25) is 0 Å². The van der Waals surface area contributed by atoms with E-state index in [4.69, 9.17) is 9.47 Å². The molecule has 0 aliphatic carbocycles. The molecule has 1 aromatic heterocycles. The van der Waals surface area contributed by atoms with Crippen LogP contribution < -0.4 is 5.32 Å². The number of rotatable bonds is 5. The van der Waals surface area contributed by atoms with Gasteiger partial charge < -0.3 is 14.8 Å². The van der Waals surface area contributed by atoms with Crippen LogP contribution in [0, 0.1) is 0 Å². The molecule has 5 nitrogen and oxygen atoms in total. The molecule has 1 heterocycles. The van der Waals surface area contributed by atoms with Gasteiger partial charge in [0.25, 0.3) is 0 Å². The molecular weight excluding hydrogens is 438 g/mol. The monoisotopic (exact) mass is 455 g/mol. The van der Waals surface area contributed by atoms with Crippen LogP contribution in [0.5, 0.6) is 0 Å². The number of halogens is 2. The number of amides is 1. The van der Waals surface area contributed by atoms with Crippen molar-refractivity contribution in [2.75, 3.05) is 6.61 Å². The normalized spacial score (nSPS) is 12.6. The Labute approximate surface area is 151 Å². The Morgan fingerprint density at radius 1 is 1.36 bits per heavy atom. The molecule has 1 rings (SSSR count). The molecule has 8 heteroatoms. The minimum absolute atomic E-state index is 0.250. The number of carbonyl (C=O) groups is 2. The van der Waals surface area contributed by atoms with Gasteiger partial charge in [-0.3, -0.25) is 0 Å². The summed E-state index contributed by atoms with van der Waals surface area (Å²) in [4.78, 5) is 23.9. The summed E-state index contributed by atoms with van der Waals surface area (Å²) in [5, 5.41) is 2.58. The van der Waals surface area contributed by atoms with Crippen molar-refractivity contribution in [1.82, 2.24) is 5.32 Å². The second kappa shape index (κ2) is 8.31. The Morgan fingerprint density at radius 3 is 2.45 bits per heavy atom. The van der Waals surface area contributed by atoms with Gasteiger partial charge in [0, 0.05) is 6.42 Å². The highest BCUT2D eigenvalue weighted by atomic mass is 79.9. The van der Waals surface area contributed by atoms with Gasteiger partial charge in [0.15, 0.2) is 0 Å². The van der Waals surface area contributed by atoms with E-state index in [9.17, 15) is 9.59 Å². The van der Waals surface area contributed by atoms with Crippen molar-refractivity contribution in [3.63, 3.8) is 0 Å². The molecule has 22 heavy (non-hydrogen) atoms. The molecule has 1 amide bonds. The lowest BCUT2D eigenvalue weighted by atomic mass is 10.1. The summed E-state index contributed by atoms with van der Waals surface area (Å²) < 4.78 is 12.1. The standard InChI is InChI=1S/C14H19Br2NO4S/c1-5-20-12(18)9(17-13(19)21-14(2,3)4)6-8-7-10(15)22-11(8)16/h7,9H,5-6H2,1-4H3,(H,17,19). The van der Waals surface area contributed by atoms with Gasteiger partial charge in [-0.15, -0.1) is 11.3 Å². The van der Waals surface area contributed by atoms with E-state index < -0.39 is 23.7 Å². The van der Waals surface area contributed by atoms with Crippen LogP contribution in [0.15, 0.2) is 13.6 Å². The minimum Gasteiger partial charge on any atom is -0.464 e. The summed E-state index contributed by atoms with van der Waals surface area (Å²) in [5.41, 5.74) is 0.279. The molecule has 0 aliphatic rings. The molecule has 124 valence electrons. The van der Waals surface area contributed by atoms with Crippen molar-refractivity contribution < 1.29 is 19.1 Å². The number of thiophene rings is 1. The Bertz CT molecular complexity index is 539. The Kier molecular flexibility index (Phi) is 7.34. The van der Waals surface area contributed by atoms with E-state index in [0.717, 1.165) is 13.1 Å². The first-order valence-electron chi connectivity index (χ1n) is 6.72. The Morgan fingerprint density at radius 2 is 2.00 bits per heavy atom. The average molecular weight is 457 g/mol. The molecular formula is C14H19Br2NO4S. The maximum atomic E-state index is 12.1. The number of carbonyl (C=O) groups excluding carboxylic acids is 2. The highest BCUT2D eigenvalue weighted by molar-refractivity contribution is 9.12. The van der Waals surface area contributed by atoms with E-state index in [1.165, 1.54) is 11.3 Å². The number of ether oxygens (including phenoxy) is 2. The quantitative estimate of drug-likeness (QED) is 0.671. The number of hydrogen-bond acceptors (Lipinski definition) is 5. The van der Waals surface area contributed by atoms with Gasteiger partial charge in [-0.25, -0.2) is 9.59 Å². The smallest absolute Gasteiger partial charge is 0.408 e. The molecule has 0 bridgehead atoms. The highest BCUT2D eigenvalue weighted by Gasteiger charge is 2.26. The van der Waals surface area contributed by atoms with Crippen molar-refractivity contribution in [2.45, 2.75) is 45.8 Å². The third-order valence-electron chi connectivity index (χ3n) is 2.41. The molecule has 0 radical (unpaired) electrons. The van der Waals surface area contributed by atoms with E-state index in [1.807, 2.05) is 6.07 Å². The summed E-state index contributed by atoms with van der Waals surface area (Å²) in [7, 11) is 0. The summed E-state index contributed by atoms with van der Waals surface area (Å²) >= 11 is 8.34. The maximum Gasteiger partial charge on any atom is 0.408 e. The second-order valence-electron chi connectivity index (χ2n) is 5.50. The Hall–Kier alpha value is -0.600. The largest absolute Gasteiger partial charge is 0.464 e. The van der Waals surface area contributed by atoms with Gasteiger partial charge in [0.1, 0.15) is 11.6 Å². The van der Waals surface area contributed by atoms with Crippen LogP contribution in [0.25, 0.3) is 0 Å². The van der Waals surface area contributed by atoms with E-state index in [2.05, 4.69) is 37.2 Å². The molecule has 1 unspecified atom stereocenters. The predicted molar refractivity (Wildman–Crippen MR) is 93.2 cm³/mol. The van der Waals surface area contributed by atoms with Gasteiger partial charge in [-0.2, -0.15) is 0 Å². The van der Waals surface area contributed by atoms with E-state index in [1.54, 1.807) is 27.7 Å². The molecule has 1 aromatic rings. The van der Waals surface area contributed by atoms with E-state index in [0.29, 0.717) is 6.42 Å². The number of alkyl carbamates (subject to hydrolysis) is 1. The maximum absolute atomic E-state index is 12.1. The van der Waals surface area contributed by atoms with Crippen LogP contribution in [0.3, 0.4) is 0 Å². The van der Waals surface area contributed by atoms with Gasteiger partial charge in [-0.1, -0.05) is 0 Å². The number of hydrogen-bond donors (Lipinski definition) is 1. The van der Waals surface area contributed by atoms with Crippen LogP contribution in [0.2, 0.25) is 0 Å². The van der Waals surface area contributed by atoms with Gasteiger partial charge in [0.05, 0.1) is 14.2 Å². The fraction of sp³-hybridized carbons (Fsp3) is 0.571. The SMILES string of the molecule is CCOC(=O)C(Cc1cc(Br)sc1Br)NC(=O)OC(C)(C)C. The van der Waals surface area contributed by atoms with Crippen LogP contribution >= 0.6 is 43.2 Å². The van der Waals surface area contributed by atoms with Crippen LogP contribution in [-0.2, 0) is 20.7 Å². The lowest BCUT2D eigenvalue weighted by Gasteiger charge is -2.22. The first-order valence-corrected chi connectivity index (χ1v) is 9.12. The van der Waals surface area contributed by atoms with Crippen molar-refractivity contribution in [1.29, 1.82) is 0 Å². The lowest BCUT2D eigenvalue weighted by Crippen LogP contribution is -2.45. The topological polar surface area (TPSA) is 64.6 Å². The fourth-order valence-electron chi connectivity index (χ4n) is 1.62. The van der Waals surface area contributed by atoms with Crippen LogP contribution in [-0.4, -0.2) is 30.3 Å². The molecule has 0 aromatic carbocycles. The molecule has 0 saturated heterocycles. The lowest BCUT2D eigenvalue weighted by molar-refractivity contribution is -0.145. The zero-order chi connectivity index (χ0) is 16.9. The van der Waals surface area contributed by atoms with E-state index >= 15 is 0 Å². The molecule has 0 spiro atoms. The second-order valence-corrected chi connectivity index (χ2v) is 9.25. The zero-order valence-corrected chi connectivity index (χ0v) is 16.9. The fourth-order valence-corrected chi connectivity index (χ4v) is 4.48. The summed E-state index contributed by atoms with van der Waals surface area (Å²) in [6.07, 6.45) is -0.322. The average Bonchev–Trinajstić information content (AvgIpc) is 2.65. The van der Waals surface area contributed by atoms with Crippen molar-refractivity contribution in [2.24, 2.45) is 0 Å². The van der Waals surface area contributed by atoms with E-state index in [-0.39, 0.29) is 6.61 Å². The summed E-state index contributed by atoms with van der Waals surface area (Å²) in [6.45, 7) is 7.26. The van der Waals surface area contributed by atoms with Crippen molar-refractivity contribution >= 4 is 55.3 Å². The van der Waals surface area contributed by atoms with Gasteiger partial charge in [-0.05, 0) is 71.2 Å². The van der Waals surface area contributed by atoms with Gasteiger partial charge >= 0.3 is 12.1 Å². The zero-order valence-electron chi connectivity index (χ0n) is 12.9. The Balaban J connectivity index is 2.82. The minimum atomic E-state index is -0.799. The first-order chi connectivity index (χ1) is 10.1. The molecule has 0 fully saturated rings. The molecule has 1 N–H and O–H groups in total. The first kappa shape index (κ1) is 19.4. The molecule has 0 saturated carbocycles. The third kappa shape index (κ3) is 6.66. The molecule has 1 atom stereocenters. The third-order valence-corrected chi connectivity index (χ3v) is 4.88. The highest BCUT2D eigenvalue weighted by Crippen LogP contribution is 2.32. The number of nitrogens with one attached hydrogen (secondary N) is 1. The van der Waals surface area contributed by atoms with Crippen LogP contribution in [0.4, 0.5) is 4.79 Å². The summed E-state index contributed by atoms with van der Waals surface area (Å²) in [5.74, 6) is -0.484. The predicted octanol–water partition coefficient (Wildman–Crippen LogP) is 4.27. The summed E-state index contributed by atoms with van der Waals surface area (Å²) in [6, 6.07) is 1.10. The van der Waals surface area contributed by atoms with Crippen molar-refractivity contribution in [3.8, 4) is 0 Å².